The number of carboxylic acid groups (broad SMARTS) is 1. The largest absolute Gasteiger partial charge is 0.465 e. The van der Waals surface area contributed by atoms with Crippen LogP contribution in [0.4, 0.5) is 4.79 Å². The van der Waals surface area contributed by atoms with Crippen molar-refractivity contribution >= 4 is 40.6 Å². The molecule has 0 aromatic carbocycles. The van der Waals surface area contributed by atoms with Crippen LogP contribution in [0.3, 0.4) is 0 Å². The Labute approximate surface area is 163 Å². The minimum Gasteiger partial charge on any atom is -0.465 e. The molecule has 140 valence electrons. The molecule has 1 saturated heterocycles. The number of aromatic nitrogens is 1. The lowest BCUT2D eigenvalue weighted by Crippen LogP contribution is -2.29. The number of aliphatic hydroxyl groups is 1. The van der Waals surface area contributed by atoms with Gasteiger partial charge >= 0.3 is 6.09 Å². The van der Waals surface area contributed by atoms with Crippen LogP contribution in [0, 0.1) is 0 Å². The third-order valence-electron chi connectivity index (χ3n) is 3.80. The summed E-state index contributed by atoms with van der Waals surface area (Å²) in [4.78, 5) is 16.4. The number of halogens is 2. The highest BCUT2D eigenvalue weighted by Gasteiger charge is 2.29. The molecule has 1 aliphatic heterocycles. The summed E-state index contributed by atoms with van der Waals surface area (Å²) in [5, 5.41) is 21.2. The van der Waals surface area contributed by atoms with Gasteiger partial charge in [0.2, 0.25) is 0 Å². The van der Waals surface area contributed by atoms with E-state index < -0.39 is 18.4 Å². The Bertz CT molecular complexity index is 795. The second-order valence-corrected chi connectivity index (χ2v) is 7.56. The van der Waals surface area contributed by atoms with Crippen molar-refractivity contribution in [1.29, 1.82) is 0 Å². The number of amides is 1. The van der Waals surface area contributed by atoms with Crippen LogP contribution in [-0.2, 0) is 15.9 Å². The van der Waals surface area contributed by atoms with Gasteiger partial charge in [-0.25, -0.2) is 9.78 Å². The van der Waals surface area contributed by atoms with Gasteiger partial charge in [-0.3, -0.25) is 0 Å². The monoisotopic (exact) mass is 418 g/mol. The van der Waals surface area contributed by atoms with E-state index >= 15 is 0 Å². The quantitative estimate of drug-likeness (QED) is 0.621. The molecule has 1 fully saturated rings. The maximum atomic E-state index is 11.4. The van der Waals surface area contributed by atoms with Gasteiger partial charge in [-0.05, 0) is 24.1 Å². The van der Waals surface area contributed by atoms with Crippen LogP contribution >= 0.6 is 34.5 Å². The van der Waals surface area contributed by atoms with E-state index in [2.05, 4.69) is 10.3 Å². The highest BCUT2D eigenvalue weighted by molar-refractivity contribution is 7.16. The number of carbonyl (C=O) groups is 1. The van der Waals surface area contributed by atoms with E-state index in [1.165, 1.54) is 11.3 Å². The summed E-state index contributed by atoms with van der Waals surface area (Å²) < 4.78 is 11.4. The predicted molar refractivity (Wildman–Crippen MR) is 97.0 cm³/mol. The minimum absolute atomic E-state index is 0.109. The highest BCUT2D eigenvalue weighted by Crippen LogP contribution is 2.40. The van der Waals surface area contributed by atoms with Gasteiger partial charge in [-0.1, -0.05) is 29.3 Å². The first-order valence-corrected chi connectivity index (χ1v) is 9.34. The first-order chi connectivity index (χ1) is 12.5. The molecule has 0 radical (unpaired) electrons. The normalized spacial score (nSPS) is 16.0. The molecule has 10 heteroatoms. The maximum absolute atomic E-state index is 11.4. The lowest BCUT2D eigenvalue weighted by Gasteiger charge is -2.19. The summed E-state index contributed by atoms with van der Waals surface area (Å²) in [5.41, 5.74) is 1.60. The van der Waals surface area contributed by atoms with Crippen LogP contribution in [0.5, 0.6) is 0 Å². The van der Waals surface area contributed by atoms with Crippen LogP contribution in [-0.4, -0.2) is 41.1 Å². The molecular weight excluding hydrogens is 403 g/mol. The van der Waals surface area contributed by atoms with Gasteiger partial charge in [0, 0.05) is 12.2 Å². The fourth-order valence-electron chi connectivity index (χ4n) is 2.72. The SMILES string of the molecule is O=C(O)NC(c1cc(C2OCCO2)sc1Cl)c1nc(Cl)ccc1CCO. The van der Waals surface area contributed by atoms with Crippen LogP contribution in [0.15, 0.2) is 18.2 Å². The molecule has 3 rings (SSSR count). The van der Waals surface area contributed by atoms with Gasteiger partial charge in [-0.2, -0.15) is 0 Å². The van der Waals surface area contributed by atoms with Gasteiger partial charge < -0.3 is 25.0 Å². The van der Waals surface area contributed by atoms with Crippen molar-refractivity contribution in [1.82, 2.24) is 10.3 Å². The van der Waals surface area contributed by atoms with Gasteiger partial charge in [0.25, 0.3) is 0 Å². The van der Waals surface area contributed by atoms with Gasteiger partial charge in [0.05, 0.1) is 28.1 Å². The molecule has 26 heavy (non-hydrogen) atoms. The molecule has 3 heterocycles. The lowest BCUT2D eigenvalue weighted by atomic mass is 9.99. The third-order valence-corrected chi connectivity index (χ3v) is 5.42. The Kier molecular flexibility index (Phi) is 6.33. The summed E-state index contributed by atoms with van der Waals surface area (Å²) in [6, 6.07) is 4.21. The zero-order valence-corrected chi connectivity index (χ0v) is 15.8. The fourth-order valence-corrected chi connectivity index (χ4v) is 4.22. The zero-order chi connectivity index (χ0) is 18.7. The zero-order valence-electron chi connectivity index (χ0n) is 13.4. The maximum Gasteiger partial charge on any atom is 0.405 e. The first kappa shape index (κ1) is 19.3. The fraction of sp³-hybridized carbons (Fsp3) is 0.375. The molecule has 2 aromatic rings. The van der Waals surface area contributed by atoms with Gasteiger partial charge in [-0.15, -0.1) is 11.3 Å². The number of hydrogen-bond donors (Lipinski definition) is 3. The number of nitrogens with zero attached hydrogens (tertiary/aromatic N) is 1. The standard InChI is InChI=1S/C16H16Cl2N2O5S/c17-11-2-1-8(3-4-21)12(19-11)13(20-16(22)23)9-7-10(26-14(9)18)15-24-5-6-25-15/h1-2,7,13,15,20-21H,3-6H2,(H,22,23). The van der Waals surface area contributed by atoms with Crippen molar-refractivity contribution in [2.45, 2.75) is 18.8 Å². The summed E-state index contributed by atoms with van der Waals surface area (Å²) in [5.74, 6) is 0. The molecule has 3 N–H and O–H groups in total. The van der Waals surface area contributed by atoms with E-state index in [-0.39, 0.29) is 11.8 Å². The van der Waals surface area contributed by atoms with Crippen molar-refractivity contribution < 1.29 is 24.5 Å². The Hall–Kier alpha value is -1.42. The van der Waals surface area contributed by atoms with Crippen molar-refractivity contribution in [2.24, 2.45) is 0 Å². The first-order valence-electron chi connectivity index (χ1n) is 7.77. The number of ether oxygens (including phenoxy) is 2. The van der Waals surface area contributed by atoms with Crippen LogP contribution in [0.2, 0.25) is 9.49 Å². The highest BCUT2D eigenvalue weighted by atomic mass is 35.5. The number of thiophene rings is 1. The minimum atomic E-state index is -1.23. The van der Waals surface area contributed by atoms with Crippen molar-refractivity contribution in [3.8, 4) is 0 Å². The van der Waals surface area contributed by atoms with E-state index in [1.54, 1.807) is 18.2 Å². The summed E-state index contributed by atoms with van der Waals surface area (Å²) in [7, 11) is 0. The van der Waals surface area contributed by atoms with E-state index in [1.807, 2.05) is 0 Å². The number of aliphatic hydroxyl groups excluding tert-OH is 1. The predicted octanol–water partition coefficient (Wildman–Crippen LogP) is 3.39. The van der Waals surface area contributed by atoms with E-state index in [4.69, 9.17) is 32.7 Å². The second kappa shape index (κ2) is 8.51. The lowest BCUT2D eigenvalue weighted by molar-refractivity contribution is -0.0413. The molecule has 2 aromatic heterocycles. The van der Waals surface area contributed by atoms with Crippen LogP contribution in [0.25, 0.3) is 0 Å². The Balaban J connectivity index is 2.04. The molecule has 1 unspecified atom stereocenters. The molecule has 0 bridgehead atoms. The molecule has 0 aliphatic carbocycles. The molecule has 1 amide bonds. The van der Waals surface area contributed by atoms with Gasteiger partial charge in [0.1, 0.15) is 11.2 Å². The van der Waals surface area contributed by atoms with Crippen LogP contribution in [0.1, 0.15) is 34.0 Å². The number of pyridine rings is 1. The van der Waals surface area contributed by atoms with Crippen molar-refractivity contribution in [2.75, 3.05) is 19.8 Å². The van der Waals surface area contributed by atoms with E-state index in [0.29, 0.717) is 40.8 Å². The molecule has 0 spiro atoms. The number of rotatable bonds is 6. The van der Waals surface area contributed by atoms with Gasteiger partial charge in [0.15, 0.2) is 6.29 Å². The van der Waals surface area contributed by atoms with E-state index in [9.17, 15) is 15.0 Å². The van der Waals surface area contributed by atoms with Crippen LogP contribution < -0.4 is 5.32 Å². The summed E-state index contributed by atoms with van der Waals surface area (Å²) in [6.45, 7) is 0.869. The molecule has 0 saturated carbocycles. The van der Waals surface area contributed by atoms with E-state index in [0.717, 1.165) is 4.88 Å². The smallest absolute Gasteiger partial charge is 0.405 e. The van der Waals surface area contributed by atoms with Crippen molar-refractivity contribution in [3.05, 3.63) is 49.4 Å². The average molecular weight is 419 g/mol. The topological polar surface area (TPSA) is 101 Å². The summed E-state index contributed by atoms with van der Waals surface area (Å²) >= 11 is 13.7. The molecule has 1 aliphatic rings. The molecule has 1 atom stereocenters. The average Bonchev–Trinajstić information content (AvgIpc) is 3.24. The Morgan fingerprint density at radius 1 is 1.38 bits per heavy atom. The summed E-state index contributed by atoms with van der Waals surface area (Å²) in [6.07, 6.45) is -1.44. The Morgan fingerprint density at radius 2 is 2.12 bits per heavy atom. The van der Waals surface area contributed by atoms with Crippen molar-refractivity contribution in [3.63, 3.8) is 0 Å². The second-order valence-electron chi connectivity index (χ2n) is 5.49. The molecular formula is C16H16Cl2N2O5S. The third kappa shape index (κ3) is 4.28. The number of nitrogens with one attached hydrogen (secondary N) is 1. The number of hydrogen-bond acceptors (Lipinski definition) is 6. The molecule has 7 nitrogen and oxygen atoms in total. The Morgan fingerprint density at radius 3 is 2.77 bits per heavy atom.